The van der Waals surface area contributed by atoms with Crippen molar-refractivity contribution in [3.63, 3.8) is 0 Å². The SMILES string of the molecule is Cn1cc2c(n1)[C@@]1(C)C=C(C#N)C(=O)[C@]3(C)C[C@]31CC2. The Kier molecular flexibility index (Phi) is 1.82. The van der Waals surface area contributed by atoms with E-state index in [-0.39, 0.29) is 22.0 Å². The van der Waals surface area contributed by atoms with Crippen molar-refractivity contribution < 1.29 is 4.79 Å². The van der Waals surface area contributed by atoms with Gasteiger partial charge in [-0.15, -0.1) is 0 Å². The second-order valence-electron chi connectivity index (χ2n) is 6.97. The van der Waals surface area contributed by atoms with Crippen LogP contribution in [0.4, 0.5) is 0 Å². The second-order valence-corrected chi connectivity index (χ2v) is 6.97. The maximum absolute atomic E-state index is 12.5. The number of ketones is 1. The smallest absolute Gasteiger partial charge is 0.179 e. The Morgan fingerprint density at radius 1 is 1.45 bits per heavy atom. The number of nitrogens with zero attached hydrogens (tertiary/aromatic N) is 3. The third-order valence-electron chi connectivity index (χ3n) is 6.10. The van der Waals surface area contributed by atoms with E-state index in [4.69, 9.17) is 0 Å². The molecule has 0 unspecified atom stereocenters. The molecule has 3 aliphatic carbocycles. The molecule has 0 aliphatic heterocycles. The molecule has 4 rings (SSSR count). The fourth-order valence-corrected chi connectivity index (χ4v) is 4.91. The van der Waals surface area contributed by atoms with E-state index >= 15 is 0 Å². The van der Waals surface area contributed by atoms with Gasteiger partial charge in [0, 0.05) is 24.1 Å². The number of carbonyl (C=O) groups excluding carboxylic acids is 1. The van der Waals surface area contributed by atoms with E-state index in [2.05, 4.69) is 24.3 Å². The highest BCUT2D eigenvalue weighted by atomic mass is 16.1. The number of Topliss-reactive ketones (excluding diaryl/α,β-unsaturated/α-hetero) is 1. The van der Waals surface area contributed by atoms with Gasteiger partial charge in [-0.3, -0.25) is 9.48 Å². The Labute approximate surface area is 118 Å². The molecule has 3 atom stereocenters. The highest BCUT2D eigenvalue weighted by molar-refractivity contribution is 6.07. The molecule has 1 saturated carbocycles. The molecule has 0 radical (unpaired) electrons. The maximum atomic E-state index is 12.5. The zero-order chi connectivity index (χ0) is 14.3. The molecular formula is C16H17N3O. The summed E-state index contributed by atoms with van der Waals surface area (Å²) in [4.78, 5) is 12.5. The molecule has 1 aromatic heterocycles. The predicted octanol–water partition coefficient (Wildman–Crippen LogP) is 2.05. The van der Waals surface area contributed by atoms with Gasteiger partial charge in [-0.1, -0.05) is 13.0 Å². The lowest BCUT2D eigenvalue weighted by Crippen LogP contribution is -2.45. The summed E-state index contributed by atoms with van der Waals surface area (Å²) in [6.07, 6.45) is 6.85. The Balaban J connectivity index is 2.03. The van der Waals surface area contributed by atoms with Crippen LogP contribution in [0.2, 0.25) is 0 Å². The van der Waals surface area contributed by atoms with Gasteiger partial charge in [0.1, 0.15) is 6.07 Å². The van der Waals surface area contributed by atoms with Crippen LogP contribution >= 0.6 is 0 Å². The van der Waals surface area contributed by atoms with E-state index in [1.54, 1.807) is 0 Å². The Morgan fingerprint density at radius 2 is 2.20 bits per heavy atom. The van der Waals surface area contributed by atoms with E-state index in [0.29, 0.717) is 5.57 Å². The highest BCUT2D eigenvalue weighted by Gasteiger charge is 2.78. The van der Waals surface area contributed by atoms with Crippen molar-refractivity contribution in [2.45, 2.75) is 38.5 Å². The van der Waals surface area contributed by atoms with Crippen LogP contribution in [0.15, 0.2) is 17.8 Å². The summed E-state index contributed by atoms with van der Waals surface area (Å²) in [6.45, 7) is 4.19. The van der Waals surface area contributed by atoms with E-state index in [0.717, 1.165) is 25.0 Å². The molecule has 0 aromatic carbocycles. The number of allylic oxidation sites excluding steroid dienone is 2. The summed E-state index contributed by atoms with van der Waals surface area (Å²) >= 11 is 0. The van der Waals surface area contributed by atoms with Crippen LogP contribution in [0.1, 0.15) is 37.9 Å². The van der Waals surface area contributed by atoms with Crippen LogP contribution in [-0.4, -0.2) is 15.6 Å². The van der Waals surface area contributed by atoms with Crippen molar-refractivity contribution in [3.05, 3.63) is 29.1 Å². The molecular weight excluding hydrogens is 250 g/mol. The Bertz CT molecular complexity index is 737. The molecule has 4 heteroatoms. The summed E-state index contributed by atoms with van der Waals surface area (Å²) < 4.78 is 1.85. The first-order valence-electron chi connectivity index (χ1n) is 7.09. The van der Waals surface area contributed by atoms with Crippen molar-refractivity contribution >= 4 is 5.78 Å². The first-order chi connectivity index (χ1) is 9.38. The fraction of sp³-hybridized carbons (Fsp3) is 0.562. The van der Waals surface area contributed by atoms with Gasteiger partial charge in [0.15, 0.2) is 5.78 Å². The number of hydrogen-bond acceptors (Lipinski definition) is 3. The van der Waals surface area contributed by atoms with Gasteiger partial charge in [-0.25, -0.2) is 0 Å². The van der Waals surface area contributed by atoms with E-state index in [1.807, 2.05) is 24.7 Å². The molecule has 20 heavy (non-hydrogen) atoms. The van der Waals surface area contributed by atoms with E-state index in [1.165, 1.54) is 5.56 Å². The Morgan fingerprint density at radius 3 is 2.90 bits per heavy atom. The van der Waals surface area contributed by atoms with Crippen LogP contribution in [0, 0.1) is 22.2 Å². The molecule has 1 fully saturated rings. The van der Waals surface area contributed by atoms with Crippen LogP contribution in [0.5, 0.6) is 0 Å². The standard InChI is InChI=1S/C16H17N3O/c1-14-6-11(7-17)13(20)15(2)9-16(14,15)5-4-10-8-19(3)18-12(10)14/h6,8H,4-5,9H2,1-3H3/t14-,15+,16+/m1/s1. The molecule has 102 valence electrons. The second kappa shape index (κ2) is 3.06. The van der Waals surface area contributed by atoms with Crippen LogP contribution in [0.25, 0.3) is 0 Å². The minimum atomic E-state index is -0.364. The molecule has 0 N–H and O–H groups in total. The zero-order valence-corrected chi connectivity index (χ0v) is 12.0. The monoisotopic (exact) mass is 267 g/mol. The molecule has 1 spiro atoms. The van der Waals surface area contributed by atoms with Crippen molar-refractivity contribution in [1.82, 2.24) is 9.78 Å². The molecule has 0 amide bonds. The first-order valence-corrected chi connectivity index (χ1v) is 7.09. The van der Waals surface area contributed by atoms with Gasteiger partial charge in [-0.05, 0) is 37.2 Å². The average Bonchev–Trinajstić information content (AvgIpc) is 2.85. The van der Waals surface area contributed by atoms with Crippen LogP contribution in [-0.2, 0) is 23.7 Å². The minimum absolute atomic E-state index is 0.0290. The summed E-state index contributed by atoms with van der Waals surface area (Å²) in [5, 5.41) is 14.0. The van der Waals surface area contributed by atoms with Gasteiger partial charge in [0.2, 0.25) is 0 Å². The Hall–Kier alpha value is -1.89. The maximum Gasteiger partial charge on any atom is 0.179 e. The van der Waals surface area contributed by atoms with Gasteiger partial charge < -0.3 is 0 Å². The summed E-state index contributed by atoms with van der Waals surface area (Å²) in [5.74, 6) is 0.0388. The van der Waals surface area contributed by atoms with Gasteiger partial charge in [0.05, 0.1) is 11.3 Å². The first kappa shape index (κ1) is 11.9. The fourth-order valence-electron chi connectivity index (χ4n) is 4.91. The molecule has 4 nitrogen and oxygen atoms in total. The van der Waals surface area contributed by atoms with Crippen molar-refractivity contribution in [1.29, 1.82) is 5.26 Å². The summed E-state index contributed by atoms with van der Waals surface area (Å²) in [6, 6.07) is 2.11. The average molecular weight is 267 g/mol. The minimum Gasteiger partial charge on any atom is -0.293 e. The van der Waals surface area contributed by atoms with E-state index in [9.17, 15) is 10.1 Å². The topological polar surface area (TPSA) is 58.7 Å². The molecule has 1 heterocycles. The number of aromatic nitrogens is 2. The van der Waals surface area contributed by atoms with Crippen molar-refractivity contribution in [3.8, 4) is 6.07 Å². The predicted molar refractivity (Wildman–Crippen MR) is 72.7 cm³/mol. The van der Waals surface area contributed by atoms with Gasteiger partial charge in [0.25, 0.3) is 0 Å². The lowest BCUT2D eigenvalue weighted by Gasteiger charge is -2.44. The summed E-state index contributed by atoms with van der Waals surface area (Å²) in [7, 11) is 1.93. The van der Waals surface area contributed by atoms with Gasteiger partial charge in [-0.2, -0.15) is 10.4 Å². The number of carbonyl (C=O) groups is 1. The molecule has 3 aliphatic rings. The van der Waals surface area contributed by atoms with Crippen molar-refractivity contribution in [2.24, 2.45) is 17.9 Å². The van der Waals surface area contributed by atoms with E-state index < -0.39 is 0 Å². The third kappa shape index (κ3) is 0.985. The van der Waals surface area contributed by atoms with Crippen LogP contribution < -0.4 is 0 Å². The number of hydrogen-bond donors (Lipinski definition) is 0. The normalized spacial score (nSPS) is 41.1. The van der Waals surface area contributed by atoms with Crippen LogP contribution in [0.3, 0.4) is 0 Å². The number of fused-ring (bicyclic) bond motifs is 2. The number of rotatable bonds is 0. The summed E-state index contributed by atoms with van der Waals surface area (Å²) in [5.41, 5.74) is 1.97. The number of aryl methyl sites for hydroxylation is 2. The van der Waals surface area contributed by atoms with Gasteiger partial charge >= 0.3 is 0 Å². The lowest BCUT2D eigenvalue weighted by atomic mass is 9.57. The highest BCUT2D eigenvalue weighted by Crippen LogP contribution is 2.78. The number of nitriles is 1. The molecule has 0 saturated heterocycles. The zero-order valence-electron chi connectivity index (χ0n) is 12.0. The third-order valence-corrected chi connectivity index (χ3v) is 6.10. The molecule has 0 bridgehead atoms. The lowest BCUT2D eigenvalue weighted by molar-refractivity contribution is -0.122. The van der Waals surface area contributed by atoms with Crippen molar-refractivity contribution in [2.75, 3.05) is 0 Å². The quantitative estimate of drug-likeness (QED) is 0.723. The largest absolute Gasteiger partial charge is 0.293 e. The molecule has 1 aromatic rings.